The zero-order chi connectivity index (χ0) is 19.4. The minimum absolute atomic E-state index is 0.0207. The number of nitrogens with one attached hydrogen (secondary N) is 2. The Morgan fingerprint density at radius 3 is 2.33 bits per heavy atom. The molecule has 1 amide bonds. The molecular weight excluding hydrogens is 368 g/mol. The van der Waals surface area contributed by atoms with Crippen LogP contribution in [0.5, 0.6) is 5.75 Å². The van der Waals surface area contributed by atoms with E-state index in [1.165, 1.54) is 11.4 Å². The van der Waals surface area contributed by atoms with Crippen molar-refractivity contribution in [3.8, 4) is 5.75 Å². The summed E-state index contributed by atoms with van der Waals surface area (Å²) in [6, 6.07) is 7.86. The van der Waals surface area contributed by atoms with E-state index in [1.807, 2.05) is 29.2 Å². The summed E-state index contributed by atoms with van der Waals surface area (Å²) < 4.78 is 32.6. The van der Waals surface area contributed by atoms with Crippen molar-refractivity contribution >= 4 is 16.1 Å². The molecule has 1 atom stereocenters. The Morgan fingerprint density at radius 1 is 1.19 bits per heavy atom. The van der Waals surface area contributed by atoms with Gasteiger partial charge in [0.25, 0.3) is 10.2 Å². The molecule has 1 unspecified atom stereocenters. The van der Waals surface area contributed by atoms with E-state index in [4.69, 9.17) is 4.74 Å². The fraction of sp³-hybridized carbons (Fsp3) is 0.611. The highest BCUT2D eigenvalue weighted by atomic mass is 32.2. The molecule has 0 bridgehead atoms. The molecule has 1 aliphatic carbocycles. The monoisotopic (exact) mass is 396 g/mol. The maximum Gasteiger partial charge on any atom is 0.279 e. The summed E-state index contributed by atoms with van der Waals surface area (Å²) in [6.07, 6.45) is 2.25. The Morgan fingerprint density at radius 2 is 1.81 bits per heavy atom. The van der Waals surface area contributed by atoms with Crippen molar-refractivity contribution in [2.24, 2.45) is 5.92 Å². The normalized spacial score (nSPS) is 20.2. The lowest BCUT2D eigenvalue weighted by Crippen LogP contribution is -2.53. The predicted molar refractivity (Wildman–Crippen MR) is 103 cm³/mol. The highest BCUT2D eigenvalue weighted by molar-refractivity contribution is 7.87. The Bertz CT molecular complexity index is 741. The minimum atomic E-state index is -3.39. The van der Waals surface area contributed by atoms with Gasteiger partial charge in [0, 0.05) is 33.2 Å². The molecule has 1 aliphatic heterocycles. The van der Waals surface area contributed by atoms with Crippen LogP contribution in [0.15, 0.2) is 24.3 Å². The van der Waals surface area contributed by atoms with Crippen LogP contribution < -0.4 is 14.8 Å². The van der Waals surface area contributed by atoms with Crippen molar-refractivity contribution in [2.45, 2.75) is 18.9 Å². The molecule has 0 aromatic heterocycles. The lowest BCUT2D eigenvalue weighted by atomic mass is 10.0. The number of ether oxygens (including phenoxy) is 1. The maximum absolute atomic E-state index is 12.6. The summed E-state index contributed by atoms with van der Waals surface area (Å²) in [7, 11) is -0.346. The molecule has 3 rings (SSSR count). The molecule has 1 saturated carbocycles. The Hall–Kier alpha value is -1.68. The van der Waals surface area contributed by atoms with Crippen molar-refractivity contribution < 1.29 is 17.9 Å². The molecule has 1 aromatic carbocycles. The first-order valence-electron chi connectivity index (χ1n) is 9.27. The number of benzene rings is 1. The van der Waals surface area contributed by atoms with E-state index in [0.717, 1.165) is 24.2 Å². The van der Waals surface area contributed by atoms with Gasteiger partial charge >= 0.3 is 0 Å². The third-order valence-electron chi connectivity index (χ3n) is 5.18. The Balaban J connectivity index is 1.53. The summed E-state index contributed by atoms with van der Waals surface area (Å²) in [5.41, 5.74) is 1.09. The first-order valence-corrected chi connectivity index (χ1v) is 10.7. The summed E-state index contributed by atoms with van der Waals surface area (Å²) in [5, 5.41) is 3.17. The van der Waals surface area contributed by atoms with E-state index in [1.54, 1.807) is 7.11 Å². The molecule has 2 fully saturated rings. The van der Waals surface area contributed by atoms with Crippen LogP contribution >= 0.6 is 0 Å². The second-order valence-corrected chi connectivity index (χ2v) is 8.91. The van der Waals surface area contributed by atoms with Crippen LogP contribution in [0.3, 0.4) is 0 Å². The SMILES string of the molecule is CNS(=O)(=O)N1CCN(CC(=O)NC(c2ccc(OC)cc2)C2CC2)CC1. The number of piperazine rings is 1. The van der Waals surface area contributed by atoms with E-state index in [9.17, 15) is 13.2 Å². The molecule has 8 nitrogen and oxygen atoms in total. The smallest absolute Gasteiger partial charge is 0.279 e. The quantitative estimate of drug-likeness (QED) is 0.662. The van der Waals surface area contributed by atoms with Crippen LogP contribution in [-0.2, 0) is 15.0 Å². The van der Waals surface area contributed by atoms with Crippen LogP contribution in [0.2, 0.25) is 0 Å². The average molecular weight is 397 g/mol. The van der Waals surface area contributed by atoms with Gasteiger partial charge in [0.1, 0.15) is 5.75 Å². The van der Waals surface area contributed by atoms with Gasteiger partial charge in [0.2, 0.25) is 5.91 Å². The Kier molecular flexibility index (Phi) is 6.36. The second-order valence-electron chi connectivity index (χ2n) is 7.04. The summed E-state index contributed by atoms with van der Waals surface area (Å²) in [5.74, 6) is 1.27. The first kappa shape index (κ1) is 20.1. The zero-order valence-electron chi connectivity index (χ0n) is 15.8. The van der Waals surface area contributed by atoms with Crippen LogP contribution in [0.1, 0.15) is 24.4 Å². The zero-order valence-corrected chi connectivity index (χ0v) is 16.7. The van der Waals surface area contributed by atoms with Crippen LogP contribution in [0, 0.1) is 5.92 Å². The van der Waals surface area contributed by atoms with Crippen molar-refractivity contribution in [3.05, 3.63) is 29.8 Å². The molecule has 2 aliphatic rings. The van der Waals surface area contributed by atoms with Gasteiger partial charge in [-0.3, -0.25) is 9.69 Å². The van der Waals surface area contributed by atoms with Crippen LogP contribution in [-0.4, -0.2) is 70.4 Å². The number of nitrogens with zero attached hydrogens (tertiary/aromatic N) is 2. The van der Waals surface area contributed by atoms with E-state index >= 15 is 0 Å². The van der Waals surface area contributed by atoms with Gasteiger partial charge in [-0.25, -0.2) is 4.72 Å². The van der Waals surface area contributed by atoms with E-state index in [-0.39, 0.29) is 18.5 Å². The largest absolute Gasteiger partial charge is 0.497 e. The number of hydrogen-bond donors (Lipinski definition) is 2. The van der Waals surface area contributed by atoms with Crippen molar-refractivity contribution in [1.29, 1.82) is 0 Å². The standard InChI is InChI=1S/C18H28N4O4S/c1-19-27(24,25)22-11-9-21(10-12-22)13-17(23)20-18(14-3-4-14)15-5-7-16(26-2)8-6-15/h5-8,14,18-19H,3-4,9-13H2,1-2H3,(H,20,23). The molecule has 1 saturated heterocycles. The fourth-order valence-corrected chi connectivity index (χ4v) is 4.30. The molecule has 150 valence electrons. The molecule has 0 radical (unpaired) electrons. The number of amides is 1. The van der Waals surface area contributed by atoms with Gasteiger partial charge in [-0.2, -0.15) is 12.7 Å². The second kappa shape index (κ2) is 8.55. The number of hydrogen-bond acceptors (Lipinski definition) is 5. The van der Waals surface area contributed by atoms with E-state index in [0.29, 0.717) is 32.1 Å². The van der Waals surface area contributed by atoms with Gasteiger partial charge in [-0.05, 0) is 36.5 Å². The fourth-order valence-electron chi connectivity index (χ4n) is 3.39. The number of carbonyl (C=O) groups excluding carboxylic acids is 1. The third-order valence-corrected chi connectivity index (χ3v) is 6.74. The highest BCUT2D eigenvalue weighted by Crippen LogP contribution is 2.41. The van der Waals surface area contributed by atoms with E-state index < -0.39 is 10.2 Å². The molecule has 1 aromatic rings. The van der Waals surface area contributed by atoms with Gasteiger partial charge < -0.3 is 10.1 Å². The Labute approximate surface area is 161 Å². The maximum atomic E-state index is 12.6. The molecule has 1 heterocycles. The van der Waals surface area contributed by atoms with Gasteiger partial charge in [0.15, 0.2) is 0 Å². The molecule has 27 heavy (non-hydrogen) atoms. The van der Waals surface area contributed by atoms with E-state index in [2.05, 4.69) is 10.0 Å². The number of methoxy groups -OCH3 is 1. The first-order chi connectivity index (χ1) is 12.9. The lowest BCUT2D eigenvalue weighted by molar-refractivity contribution is -0.123. The van der Waals surface area contributed by atoms with Gasteiger partial charge in [-0.1, -0.05) is 12.1 Å². The summed E-state index contributed by atoms with van der Waals surface area (Å²) in [4.78, 5) is 14.6. The average Bonchev–Trinajstić information content (AvgIpc) is 3.52. The van der Waals surface area contributed by atoms with Gasteiger partial charge in [0.05, 0.1) is 19.7 Å². The van der Waals surface area contributed by atoms with Crippen LogP contribution in [0.25, 0.3) is 0 Å². The number of rotatable bonds is 8. The summed E-state index contributed by atoms with van der Waals surface area (Å²) >= 11 is 0. The number of carbonyl (C=O) groups is 1. The molecular formula is C18H28N4O4S. The highest BCUT2D eigenvalue weighted by Gasteiger charge is 2.34. The van der Waals surface area contributed by atoms with Crippen molar-refractivity contribution in [1.82, 2.24) is 19.2 Å². The predicted octanol–water partition coefficient (Wildman–Crippen LogP) is 0.344. The lowest BCUT2D eigenvalue weighted by Gasteiger charge is -2.33. The third kappa shape index (κ3) is 5.19. The van der Waals surface area contributed by atoms with Crippen LogP contribution in [0.4, 0.5) is 0 Å². The molecule has 9 heteroatoms. The minimum Gasteiger partial charge on any atom is -0.497 e. The van der Waals surface area contributed by atoms with Crippen molar-refractivity contribution in [3.63, 3.8) is 0 Å². The summed E-state index contributed by atoms with van der Waals surface area (Å²) in [6.45, 7) is 2.16. The van der Waals surface area contributed by atoms with Crippen molar-refractivity contribution in [2.75, 3.05) is 46.9 Å². The molecule has 2 N–H and O–H groups in total. The van der Waals surface area contributed by atoms with Gasteiger partial charge in [-0.15, -0.1) is 0 Å². The molecule has 0 spiro atoms. The topological polar surface area (TPSA) is 91.0 Å².